The number of hydrogen-bond acceptors (Lipinski definition) is 5. The second-order valence-electron chi connectivity index (χ2n) is 8.23. The number of fused-ring (bicyclic) bond motifs is 1. The molecular weight excluding hydrogens is 402 g/mol. The number of pyridine rings is 1. The Kier molecular flexibility index (Phi) is 5.41. The van der Waals surface area contributed by atoms with E-state index in [-0.39, 0.29) is 18.4 Å². The predicted octanol–water partition coefficient (Wildman–Crippen LogP) is 3.54. The summed E-state index contributed by atoms with van der Waals surface area (Å²) in [7, 11) is 1.87. The van der Waals surface area contributed by atoms with E-state index in [1.165, 1.54) is 0 Å². The lowest BCUT2D eigenvalue weighted by Crippen LogP contribution is -2.39. The molecule has 3 heterocycles. The van der Waals surface area contributed by atoms with Crippen LogP contribution in [0.5, 0.6) is 0 Å². The van der Waals surface area contributed by atoms with Crippen LogP contribution in [0.3, 0.4) is 0 Å². The highest BCUT2D eigenvalue weighted by Crippen LogP contribution is 2.32. The smallest absolute Gasteiger partial charge is 0.254 e. The summed E-state index contributed by atoms with van der Waals surface area (Å²) in [6.45, 7) is 1.17. The molecule has 7 nitrogen and oxygen atoms in total. The van der Waals surface area contributed by atoms with Gasteiger partial charge in [-0.05, 0) is 41.3 Å². The SMILES string of the molecule is Cn1c(CO)nnc1C1CCCN(C(=O)c2ccc(-c3cccnc3)c3ccccc23)C1. The summed E-state index contributed by atoms with van der Waals surface area (Å²) in [5, 5.41) is 19.8. The summed E-state index contributed by atoms with van der Waals surface area (Å²) in [4.78, 5) is 19.8. The van der Waals surface area contributed by atoms with Crippen LogP contribution < -0.4 is 0 Å². The summed E-state index contributed by atoms with van der Waals surface area (Å²) < 4.78 is 1.84. The number of likely N-dealkylation sites (tertiary alicyclic amines) is 1. The maximum absolute atomic E-state index is 13.6. The monoisotopic (exact) mass is 427 g/mol. The summed E-state index contributed by atoms with van der Waals surface area (Å²) in [6, 6.07) is 16.0. The van der Waals surface area contributed by atoms with Crippen molar-refractivity contribution < 1.29 is 9.90 Å². The van der Waals surface area contributed by atoms with Crippen LogP contribution in [0.25, 0.3) is 21.9 Å². The number of rotatable bonds is 4. The zero-order valence-electron chi connectivity index (χ0n) is 18.0. The molecule has 1 atom stereocenters. The molecule has 1 aliphatic rings. The van der Waals surface area contributed by atoms with Crippen molar-refractivity contribution >= 4 is 16.7 Å². The van der Waals surface area contributed by atoms with Crippen molar-refractivity contribution in [2.45, 2.75) is 25.4 Å². The lowest BCUT2D eigenvalue weighted by Gasteiger charge is -2.32. The van der Waals surface area contributed by atoms with Gasteiger partial charge in [0.15, 0.2) is 5.82 Å². The van der Waals surface area contributed by atoms with Crippen LogP contribution in [0.15, 0.2) is 60.9 Å². The number of aromatic nitrogens is 4. The molecule has 1 aliphatic heterocycles. The van der Waals surface area contributed by atoms with E-state index in [0.29, 0.717) is 17.9 Å². The standard InChI is InChI=1S/C25H25N5O2/c1-29-23(16-31)27-28-24(29)18-7-5-13-30(15-18)25(32)22-11-10-19(17-6-4-12-26-14-17)20-8-2-3-9-21(20)22/h2-4,6,8-12,14,18,31H,5,7,13,15-16H2,1H3. The van der Waals surface area contributed by atoms with Crippen molar-refractivity contribution in [1.29, 1.82) is 0 Å². The Labute approximate surface area is 186 Å². The van der Waals surface area contributed by atoms with E-state index in [1.807, 2.05) is 65.2 Å². The number of benzene rings is 2. The minimum Gasteiger partial charge on any atom is -0.388 e. The topological polar surface area (TPSA) is 84.1 Å². The van der Waals surface area contributed by atoms with Crippen molar-refractivity contribution in [3.8, 4) is 11.1 Å². The second-order valence-corrected chi connectivity index (χ2v) is 8.23. The van der Waals surface area contributed by atoms with Crippen LogP contribution in [0.2, 0.25) is 0 Å². The Morgan fingerprint density at radius 3 is 2.69 bits per heavy atom. The maximum Gasteiger partial charge on any atom is 0.254 e. The van der Waals surface area contributed by atoms with Gasteiger partial charge in [-0.3, -0.25) is 9.78 Å². The number of amides is 1. The Morgan fingerprint density at radius 1 is 1.09 bits per heavy atom. The van der Waals surface area contributed by atoms with E-state index >= 15 is 0 Å². The Morgan fingerprint density at radius 2 is 1.94 bits per heavy atom. The van der Waals surface area contributed by atoms with Gasteiger partial charge >= 0.3 is 0 Å². The largest absolute Gasteiger partial charge is 0.388 e. The van der Waals surface area contributed by atoms with E-state index in [1.54, 1.807) is 6.20 Å². The molecule has 4 aromatic rings. The molecule has 162 valence electrons. The van der Waals surface area contributed by atoms with Gasteiger partial charge in [0.05, 0.1) is 0 Å². The number of hydrogen-bond donors (Lipinski definition) is 1. The third-order valence-electron chi connectivity index (χ3n) is 6.34. The Bertz CT molecular complexity index is 1270. The molecule has 1 saturated heterocycles. The number of carbonyl (C=O) groups is 1. The summed E-state index contributed by atoms with van der Waals surface area (Å²) in [5.74, 6) is 1.50. The first kappa shape index (κ1) is 20.3. The number of carbonyl (C=O) groups excluding carboxylic acids is 1. The van der Waals surface area contributed by atoms with Gasteiger partial charge in [-0.25, -0.2) is 0 Å². The molecule has 1 amide bonds. The van der Waals surface area contributed by atoms with Gasteiger partial charge in [0, 0.05) is 49.6 Å². The zero-order valence-corrected chi connectivity index (χ0v) is 18.0. The molecule has 0 radical (unpaired) electrons. The molecule has 1 N–H and O–H groups in total. The number of aliphatic hydroxyl groups excluding tert-OH is 1. The molecule has 0 aliphatic carbocycles. The van der Waals surface area contributed by atoms with Gasteiger partial charge in [0.2, 0.25) is 0 Å². The molecule has 32 heavy (non-hydrogen) atoms. The molecule has 5 rings (SSSR count). The number of piperidine rings is 1. The molecule has 7 heteroatoms. The highest BCUT2D eigenvalue weighted by molar-refractivity contribution is 6.10. The van der Waals surface area contributed by atoms with E-state index in [4.69, 9.17) is 0 Å². The van der Waals surface area contributed by atoms with Gasteiger partial charge in [-0.2, -0.15) is 0 Å². The van der Waals surface area contributed by atoms with Crippen molar-refractivity contribution in [2.24, 2.45) is 7.05 Å². The first-order chi connectivity index (χ1) is 15.7. The predicted molar refractivity (Wildman–Crippen MR) is 122 cm³/mol. The highest BCUT2D eigenvalue weighted by atomic mass is 16.3. The maximum atomic E-state index is 13.6. The molecular formula is C25H25N5O2. The lowest BCUT2D eigenvalue weighted by atomic mass is 9.93. The van der Waals surface area contributed by atoms with Crippen LogP contribution in [0.4, 0.5) is 0 Å². The lowest BCUT2D eigenvalue weighted by molar-refractivity contribution is 0.0705. The molecule has 2 aromatic heterocycles. The van der Waals surface area contributed by atoms with Crippen molar-refractivity contribution in [3.05, 3.63) is 78.1 Å². The third-order valence-corrected chi connectivity index (χ3v) is 6.34. The van der Waals surface area contributed by atoms with Crippen molar-refractivity contribution in [1.82, 2.24) is 24.6 Å². The van der Waals surface area contributed by atoms with Gasteiger partial charge in [0.1, 0.15) is 12.4 Å². The average Bonchev–Trinajstić information content (AvgIpc) is 3.24. The van der Waals surface area contributed by atoms with Gasteiger partial charge in [-0.15, -0.1) is 10.2 Å². The van der Waals surface area contributed by atoms with Gasteiger partial charge in [-0.1, -0.05) is 36.4 Å². The molecule has 0 spiro atoms. The Hall–Kier alpha value is -3.58. The fourth-order valence-corrected chi connectivity index (χ4v) is 4.67. The average molecular weight is 428 g/mol. The first-order valence-electron chi connectivity index (χ1n) is 10.9. The minimum absolute atomic E-state index is 0.0354. The van der Waals surface area contributed by atoms with E-state index in [9.17, 15) is 9.90 Å². The van der Waals surface area contributed by atoms with Crippen LogP contribution in [-0.4, -0.2) is 48.8 Å². The zero-order chi connectivity index (χ0) is 22.1. The Balaban J connectivity index is 1.48. The van der Waals surface area contributed by atoms with Crippen LogP contribution in [0.1, 0.15) is 40.8 Å². The van der Waals surface area contributed by atoms with Crippen molar-refractivity contribution in [2.75, 3.05) is 13.1 Å². The third kappa shape index (κ3) is 3.54. The first-order valence-corrected chi connectivity index (χ1v) is 10.9. The normalized spacial score (nSPS) is 16.4. The van der Waals surface area contributed by atoms with Crippen molar-refractivity contribution in [3.63, 3.8) is 0 Å². The van der Waals surface area contributed by atoms with Crippen LogP contribution >= 0.6 is 0 Å². The molecule has 1 fully saturated rings. The van der Waals surface area contributed by atoms with E-state index in [0.717, 1.165) is 47.1 Å². The van der Waals surface area contributed by atoms with Gasteiger partial charge < -0.3 is 14.6 Å². The van der Waals surface area contributed by atoms with E-state index in [2.05, 4.69) is 21.2 Å². The second kappa shape index (κ2) is 8.51. The molecule has 0 saturated carbocycles. The minimum atomic E-state index is -0.145. The van der Waals surface area contributed by atoms with Crippen LogP contribution in [0, 0.1) is 0 Å². The molecule has 2 aromatic carbocycles. The quantitative estimate of drug-likeness (QED) is 0.539. The summed E-state index contributed by atoms with van der Waals surface area (Å²) >= 11 is 0. The van der Waals surface area contributed by atoms with Gasteiger partial charge in [0.25, 0.3) is 5.91 Å². The summed E-state index contributed by atoms with van der Waals surface area (Å²) in [6.07, 6.45) is 5.46. The number of aliphatic hydroxyl groups is 1. The van der Waals surface area contributed by atoms with E-state index < -0.39 is 0 Å². The highest BCUT2D eigenvalue weighted by Gasteiger charge is 2.29. The fourth-order valence-electron chi connectivity index (χ4n) is 4.67. The number of nitrogens with zero attached hydrogens (tertiary/aromatic N) is 5. The summed E-state index contributed by atoms with van der Waals surface area (Å²) in [5.41, 5.74) is 2.81. The molecule has 0 bridgehead atoms. The van der Waals surface area contributed by atoms with Crippen LogP contribution in [-0.2, 0) is 13.7 Å². The fraction of sp³-hybridized carbons (Fsp3) is 0.280. The molecule has 1 unspecified atom stereocenters.